The Labute approximate surface area is 315 Å². The number of carbonyl (C=O) groups excluding carboxylic acids is 2. The second-order valence-corrected chi connectivity index (χ2v) is 15.2. The fourth-order valence-electron chi connectivity index (χ4n) is 5.45. The molecule has 0 bridgehead atoms. The highest BCUT2D eigenvalue weighted by Crippen LogP contribution is 2.43. The van der Waals surface area contributed by atoms with Gasteiger partial charge in [0, 0.05) is 12.8 Å². The molecule has 11 nitrogen and oxygen atoms in total. The van der Waals surface area contributed by atoms with Crippen molar-refractivity contribution < 1.29 is 47.5 Å². The summed E-state index contributed by atoms with van der Waals surface area (Å²) in [6.45, 7) is 2.75. The molecule has 3 atom stereocenters. The molecule has 4 N–H and O–H groups in total. The summed E-state index contributed by atoms with van der Waals surface area (Å²) < 4.78 is 32.6. The number of phosphoric ester groups is 1. The minimum absolute atomic E-state index is 0.162. The molecule has 0 aromatic rings. The summed E-state index contributed by atoms with van der Waals surface area (Å²) >= 11 is 0. The van der Waals surface area contributed by atoms with Crippen molar-refractivity contribution in [3.05, 3.63) is 24.3 Å². The maximum absolute atomic E-state index is 12.6. The quantitative estimate of drug-likeness (QED) is 0.0237. The Balaban J connectivity index is 4.37. The number of hydrogen-bond donors (Lipinski definition) is 3. The van der Waals surface area contributed by atoms with Crippen molar-refractivity contribution in [2.45, 2.75) is 193 Å². The van der Waals surface area contributed by atoms with Gasteiger partial charge in [-0.15, -0.1) is 0 Å². The molecule has 0 aliphatic heterocycles. The highest BCUT2D eigenvalue weighted by atomic mass is 31.2. The van der Waals surface area contributed by atoms with Crippen LogP contribution < -0.4 is 5.73 Å². The van der Waals surface area contributed by atoms with Crippen LogP contribution in [-0.4, -0.2) is 59.9 Å². The van der Waals surface area contributed by atoms with Gasteiger partial charge in [-0.05, 0) is 44.9 Å². The third-order valence-electron chi connectivity index (χ3n) is 8.70. The Bertz CT molecular complexity index is 989. The predicted molar refractivity (Wildman–Crippen MR) is 208 cm³/mol. The van der Waals surface area contributed by atoms with E-state index < -0.39 is 51.1 Å². The molecule has 52 heavy (non-hydrogen) atoms. The largest absolute Gasteiger partial charge is 0.480 e. The van der Waals surface area contributed by atoms with Crippen molar-refractivity contribution in [3.8, 4) is 0 Å². The zero-order valence-corrected chi connectivity index (χ0v) is 33.5. The molecular formula is C40H74NO10P. The third-order valence-corrected chi connectivity index (χ3v) is 9.65. The van der Waals surface area contributed by atoms with Crippen molar-refractivity contribution in [2.75, 3.05) is 19.8 Å². The molecular weight excluding hydrogens is 685 g/mol. The van der Waals surface area contributed by atoms with Crippen LogP contribution in [0.4, 0.5) is 0 Å². The van der Waals surface area contributed by atoms with Gasteiger partial charge in [0.05, 0.1) is 13.2 Å². The van der Waals surface area contributed by atoms with Gasteiger partial charge in [0.15, 0.2) is 6.10 Å². The number of rotatable bonds is 38. The topological polar surface area (TPSA) is 172 Å². The van der Waals surface area contributed by atoms with Gasteiger partial charge < -0.3 is 25.2 Å². The van der Waals surface area contributed by atoms with E-state index >= 15 is 0 Å². The van der Waals surface area contributed by atoms with Gasteiger partial charge in [0.1, 0.15) is 12.6 Å². The summed E-state index contributed by atoms with van der Waals surface area (Å²) in [4.78, 5) is 45.8. The molecule has 0 amide bonds. The highest BCUT2D eigenvalue weighted by molar-refractivity contribution is 7.47. The molecule has 0 aliphatic rings. The molecule has 0 radical (unpaired) electrons. The number of hydrogen-bond acceptors (Lipinski definition) is 9. The Kier molecular flexibility index (Phi) is 34.6. The molecule has 0 rings (SSSR count). The number of nitrogens with two attached hydrogens (primary N) is 1. The first-order chi connectivity index (χ1) is 25.1. The maximum atomic E-state index is 12.6. The van der Waals surface area contributed by atoms with E-state index in [2.05, 4.69) is 42.7 Å². The molecule has 0 aliphatic carbocycles. The molecule has 0 aromatic carbocycles. The lowest BCUT2D eigenvalue weighted by Crippen LogP contribution is -2.34. The van der Waals surface area contributed by atoms with Crippen LogP contribution in [0, 0.1) is 0 Å². The molecule has 304 valence electrons. The van der Waals surface area contributed by atoms with E-state index in [1.165, 1.54) is 89.9 Å². The fourth-order valence-corrected chi connectivity index (χ4v) is 6.23. The number of carboxylic acids is 1. The van der Waals surface area contributed by atoms with Gasteiger partial charge in [-0.3, -0.25) is 23.4 Å². The first-order valence-electron chi connectivity index (χ1n) is 20.4. The van der Waals surface area contributed by atoms with E-state index in [0.717, 1.165) is 51.4 Å². The van der Waals surface area contributed by atoms with E-state index in [9.17, 15) is 23.8 Å². The zero-order valence-electron chi connectivity index (χ0n) is 32.7. The number of aliphatic carboxylic acids is 1. The van der Waals surface area contributed by atoms with Crippen LogP contribution >= 0.6 is 7.82 Å². The minimum Gasteiger partial charge on any atom is -0.480 e. The third kappa shape index (κ3) is 35.0. The summed E-state index contributed by atoms with van der Waals surface area (Å²) in [5.41, 5.74) is 5.32. The van der Waals surface area contributed by atoms with Crippen LogP contribution in [0.25, 0.3) is 0 Å². The van der Waals surface area contributed by atoms with Crippen LogP contribution in [0.15, 0.2) is 24.3 Å². The molecule has 12 heteroatoms. The highest BCUT2D eigenvalue weighted by Gasteiger charge is 2.28. The average molecular weight is 760 g/mol. The van der Waals surface area contributed by atoms with E-state index in [1.54, 1.807) is 0 Å². The van der Waals surface area contributed by atoms with Crippen LogP contribution in [0.2, 0.25) is 0 Å². The number of unbranched alkanes of at least 4 members (excludes halogenated alkanes) is 20. The maximum Gasteiger partial charge on any atom is 0.472 e. The van der Waals surface area contributed by atoms with E-state index in [4.69, 9.17) is 24.8 Å². The number of carbonyl (C=O) groups is 3. The molecule has 0 spiro atoms. The summed E-state index contributed by atoms with van der Waals surface area (Å²) in [5.74, 6) is -2.38. The summed E-state index contributed by atoms with van der Waals surface area (Å²) in [5, 5.41) is 8.86. The average Bonchev–Trinajstić information content (AvgIpc) is 3.12. The fraction of sp³-hybridized carbons (Fsp3) is 0.825. The van der Waals surface area contributed by atoms with Gasteiger partial charge in [0.2, 0.25) is 0 Å². The van der Waals surface area contributed by atoms with Crippen molar-refractivity contribution in [1.29, 1.82) is 0 Å². The first-order valence-corrected chi connectivity index (χ1v) is 21.9. The van der Waals surface area contributed by atoms with E-state index in [1.807, 2.05) is 0 Å². The number of phosphoric acid groups is 1. The van der Waals surface area contributed by atoms with Gasteiger partial charge in [0.25, 0.3) is 0 Å². The van der Waals surface area contributed by atoms with Gasteiger partial charge >= 0.3 is 25.7 Å². The van der Waals surface area contributed by atoms with Crippen molar-refractivity contribution in [1.82, 2.24) is 0 Å². The number of allylic oxidation sites excluding steroid dienone is 4. The smallest absolute Gasteiger partial charge is 0.472 e. The molecule has 0 saturated heterocycles. The minimum atomic E-state index is -4.71. The second kappa shape index (κ2) is 36.0. The van der Waals surface area contributed by atoms with E-state index in [-0.39, 0.29) is 19.4 Å². The number of carboxylic acid groups (broad SMARTS) is 1. The Morgan fingerprint density at radius 3 is 1.54 bits per heavy atom. The second-order valence-electron chi connectivity index (χ2n) is 13.8. The van der Waals surface area contributed by atoms with E-state index in [0.29, 0.717) is 12.8 Å². The molecule has 0 heterocycles. The SMILES string of the molecule is CCCCC/C=C\C/C=C\CCCCCCCCCC(=O)OC[C@H](COP(=O)(O)OC[C@H](N)C(=O)O)OC(=O)CCCCCCCCCCCCC. The van der Waals surface area contributed by atoms with Crippen LogP contribution in [0.3, 0.4) is 0 Å². The Morgan fingerprint density at radius 1 is 0.596 bits per heavy atom. The summed E-state index contributed by atoms with van der Waals surface area (Å²) in [6.07, 6.45) is 35.3. The molecule has 1 unspecified atom stereocenters. The number of ether oxygens (including phenoxy) is 2. The van der Waals surface area contributed by atoms with Gasteiger partial charge in [-0.2, -0.15) is 0 Å². The molecule has 0 fully saturated rings. The number of esters is 2. The standard InChI is InChI=1S/C40H74NO10P/c1-3-5-7-9-11-13-15-16-17-18-19-20-22-23-25-27-29-31-38(42)48-33-36(34-49-52(46,47)50-35-37(41)40(44)45)51-39(43)32-30-28-26-24-21-14-12-10-8-6-4-2/h11,13,16-17,36-37H,3-10,12,14-15,18-35,41H2,1-2H3,(H,44,45)(H,46,47)/b13-11-,17-16-/t36-,37+/m1/s1. The summed E-state index contributed by atoms with van der Waals surface area (Å²) in [7, 11) is -4.71. The summed E-state index contributed by atoms with van der Waals surface area (Å²) in [6, 6.07) is -1.52. The van der Waals surface area contributed by atoms with Crippen LogP contribution in [0.1, 0.15) is 181 Å². The monoisotopic (exact) mass is 760 g/mol. The predicted octanol–water partition coefficient (Wildman–Crippen LogP) is 10.3. The lowest BCUT2D eigenvalue weighted by atomic mass is 10.1. The lowest BCUT2D eigenvalue weighted by molar-refractivity contribution is -0.161. The van der Waals surface area contributed by atoms with Gasteiger partial charge in [-0.1, -0.05) is 147 Å². The normalized spacial score (nSPS) is 14.1. The van der Waals surface area contributed by atoms with Crippen molar-refractivity contribution in [3.63, 3.8) is 0 Å². The first kappa shape index (κ1) is 50.0. The van der Waals surface area contributed by atoms with Crippen LogP contribution in [-0.2, 0) is 37.5 Å². The molecule has 0 saturated carbocycles. The lowest BCUT2D eigenvalue weighted by Gasteiger charge is -2.20. The van der Waals surface area contributed by atoms with Crippen LogP contribution in [0.5, 0.6) is 0 Å². The molecule has 0 aromatic heterocycles. The van der Waals surface area contributed by atoms with Crippen molar-refractivity contribution >= 4 is 25.7 Å². The van der Waals surface area contributed by atoms with Crippen molar-refractivity contribution in [2.24, 2.45) is 5.73 Å². The Morgan fingerprint density at radius 2 is 1.02 bits per heavy atom. The van der Waals surface area contributed by atoms with Gasteiger partial charge in [-0.25, -0.2) is 4.57 Å². The zero-order chi connectivity index (χ0) is 38.5. The Hall–Kier alpha value is -2.04.